The Hall–Kier alpha value is -1.56. The minimum Gasteiger partial charge on any atom is -0.454 e. The van der Waals surface area contributed by atoms with Gasteiger partial charge in [-0.05, 0) is 61.7 Å². The highest BCUT2D eigenvalue weighted by Crippen LogP contribution is 2.55. The van der Waals surface area contributed by atoms with E-state index in [4.69, 9.17) is 14.2 Å². The van der Waals surface area contributed by atoms with Crippen LogP contribution in [0.15, 0.2) is 23.8 Å². The van der Waals surface area contributed by atoms with E-state index in [1.54, 1.807) is 7.11 Å². The summed E-state index contributed by atoms with van der Waals surface area (Å²) in [5, 5.41) is 10.5. The molecule has 1 fully saturated rings. The summed E-state index contributed by atoms with van der Waals surface area (Å²) in [5.41, 5.74) is 4.00. The number of hydrogen-bond acceptors (Lipinski definition) is 5. The number of piperidine rings is 1. The fraction of sp³-hybridized carbons (Fsp3) is 0.579. The van der Waals surface area contributed by atoms with Crippen LogP contribution < -0.4 is 9.47 Å². The number of nitrogens with zero attached hydrogens (tertiary/aromatic N) is 1. The van der Waals surface area contributed by atoms with Gasteiger partial charge < -0.3 is 19.3 Å². The van der Waals surface area contributed by atoms with Crippen LogP contribution in [0.25, 0.3) is 0 Å². The zero-order chi connectivity index (χ0) is 16.5. The highest BCUT2D eigenvalue weighted by molar-refractivity contribution is 5.58. The van der Waals surface area contributed by atoms with Crippen molar-refractivity contribution in [1.29, 1.82) is 0 Å². The Bertz CT molecular complexity index is 730. The molecule has 1 aromatic carbocycles. The summed E-state index contributed by atoms with van der Waals surface area (Å²) in [4.78, 5) is 2.41. The lowest BCUT2D eigenvalue weighted by molar-refractivity contribution is -0.0235. The average molecular weight is 329 g/mol. The number of aliphatic hydroxyl groups excluding tert-OH is 1. The number of aliphatic hydroxyl groups is 1. The maximum Gasteiger partial charge on any atom is 0.231 e. The Morgan fingerprint density at radius 1 is 1.29 bits per heavy atom. The number of ether oxygens (including phenoxy) is 3. The third-order valence-corrected chi connectivity index (χ3v) is 6.45. The molecular weight excluding hydrogens is 306 g/mol. The largest absolute Gasteiger partial charge is 0.454 e. The number of benzene rings is 1. The number of methoxy groups -OCH3 is 1. The number of likely N-dealkylation sites (tertiary alicyclic amines) is 1. The topological polar surface area (TPSA) is 51.2 Å². The van der Waals surface area contributed by atoms with E-state index < -0.39 is 6.10 Å². The van der Waals surface area contributed by atoms with Crippen LogP contribution in [0.3, 0.4) is 0 Å². The molecule has 2 aliphatic carbocycles. The van der Waals surface area contributed by atoms with E-state index in [1.807, 2.05) is 0 Å². The quantitative estimate of drug-likeness (QED) is 0.794. The molecule has 1 aromatic rings. The first-order valence-corrected chi connectivity index (χ1v) is 8.69. The SMILES string of the molecule is COC1CC23CCN(C)C(Cc4cc5c(cc42)OCO5)C3=CC1O. The first-order valence-electron chi connectivity index (χ1n) is 8.69. The minimum atomic E-state index is -0.525. The molecule has 128 valence electrons. The van der Waals surface area contributed by atoms with Gasteiger partial charge in [0.05, 0.1) is 12.2 Å². The van der Waals surface area contributed by atoms with Crippen molar-refractivity contribution in [3.8, 4) is 11.5 Å². The predicted molar refractivity (Wildman–Crippen MR) is 88.5 cm³/mol. The summed E-state index contributed by atoms with van der Waals surface area (Å²) in [6.45, 7) is 1.36. The van der Waals surface area contributed by atoms with Crippen molar-refractivity contribution in [3.63, 3.8) is 0 Å². The molecule has 2 heterocycles. The smallest absolute Gasteiger partial charge is 0.231 e. The lowest BCUT2D eigenvalue weighted by Crippen LogP contribution is -2.58. The van der Waals surface area contributed by atoms with Gasteiger partial charge in [0.1, 0.15) is 0 Å². The second-order valence-electron chi connectivity index (χ2n) is 7.49. The molecule has 0 aromatic heterocycles. The van der Waals surface area contributed by atoms with Crippen LogP contribution in [0.2, 0.25) is 0 Å². The number of likely N-dealkylation sites (N-methyl/N-ethyl adjacent to an activating group) is 1. The molecule has 24 heavy (non-hydrogen) atoms. The zero-order valence-corrected chi connectivity index (χ0v) is 14.1. The van der Waals surface area contributed by atoms with E-state index in [1.165, 1.54) is 16.7 Å². The summed E-state index contributed by atoms with van der Waals surface area (Å²) in [6, 6.07) is 4.69. The summed E-state index contributed by atoms with van der Waals surface area (Å²) in [6.07, 6.45) is 4.21. The van der Waals surface area contributed by atoms with Gasteiger partial charge in [-0.25, -0.2) is 0 Å². The molecule has 0 amide bonds. The number of rotatable bonds is 1. The Kier molecular flexibility index (Phi) is 3.06. The molecule has 5 rings (SSSR count). The average Bonchev–Trinajstić information content (AvgIpc) is 3.04. The van der Waals surface area contributed by atoms with Crippen molar-refractivity contribution in [1.82, 2.24) is 4.90 Å². The van der Waals surface area contributed by atoms with E-state index in [2.05, 4.69) is 30.2 Å². The van der Waals surface area contributed by atoms with Gasteiger partial charge in [-0.3, -0.25) is 4.90 Å². The molecular formula is C19H23NO4. The molecule has 4 unspecified atom stereocenters. The monoisotopic (exact) mass is 329 g/mol. The van der Waals surface area contributed by atoms with Crippen molar-refractivity contribution in [3.05, 3.63) is 34.9 Å². The van der Waals surface area contributed by atoms with Gasteiger partial charge in [-0.15, -0.1) is 0 Å². The summed E-state index contributed by atoms with van der Waals surface area (Å²) >= 11 is 0. The molecule has 5 heteroatoms. The maximum atomic E-state index is 10.5. The van der Waals surface area contributed by atoms with Crippen LogP contribution in [-0.2, 0) is 16.6 Å². The Morgan fingerprint density at radius 2 is 2.08 bits per heavy atom. The van der Waals surface area contributed by atoms with Crippen LogP contribution in [0.5, 0.6) is 11.5 Å². The highest BCUT2D eigenvalue weighted by Gasteiger charge is 2.53. The highest BCUT2D eigenvalue weighted by atomic mass is 16.7. The van der Waals surface area contributed by atoms with Gasteiger partial charge >= 0.3 is 0 Å². The molecule has 2 bridgehead atoms. The standard InChI is InChI=1S/C19H23NO4/c1-20-4-3-19-9-18(22-2)15(21)7-13(19)14(20)5-11-6-16-17(8-12(11)19)24-10-23-16/h6-8,14-15,18,21H,3-5,9-10H2,1-2H3. The summed E-state index contributed by atoms with van der Waals surface area (Å²) in [7, 11) is 3.88. The first kappa shape index (κ1) is 14.8. The van der Waals surface area contributed by atoms with E-state index in [-0.39, 0.29) is 11.5 Å². The lowest BCUT2D eigenvalue weighted by Gasteiger charge is -2.55. The predicted octanol–water partition coefficient (Wildman–Crippen LogP) is 1.62. The Labute approximate surface area is 141 Å². The molecule has 4 aliphatic rings. The van der Waals surface area contributed by atoms with Gasteiger partial charge in [0.2, 0.25) is 6.79 Å². The molecule has 1 saturated heterocycles. The fourth-order valence-corrected chi connectivity index (χ4v) is 5.17. The van der Waals surface area contributed by atoms with Gasteiger partial charge in [-0.2, -0.15) is 0 Å². The number of fused-ring (bicyclic) bond motifs is 2. The van der Waals surface area contributed by atoms with E-state index in [0.29, 0.717) is 12.8 Å². The zero-order valence-electron chi connectivity index (χ0n) is 14.1. The van der Waals surface area contributed by atoms with Crippen molar-refractivity contribution in [2.45, 2.75) is 42.9 Å². The minimum absolute atomic E-state index is 0.0500. The third kappa shape index (κ3) is 1.80. The van der Waals surface area contributed by atoms with Gasteiger partial charge in [0.25, 0.3) is 0 Å². The van der Waals surface area contributed by atoms with Crippen molar-refractivity contribution >= 4 is 0 Å². The van der Waals surface area contributed by atoms with E-state index in [0.717, 1.165) is 37.3 Å². The van der Waals surface area contributed by atoms with Gasteiger partial charge in [0, 0.05) is 18.6 Å². The van der Waals surface area contributed by atoms with Crippen LogP contribution in [-0.4, -0.2) is 55.8 Å². The summed E-state index contributed by atoms with van der Waals surface area (Å²) < 4.78 is 16.8. The van der Waals surface area contributed by atoms with Crippen LogP contribution in [0.4, 0.5) is 0 Å². The molecule has 4 atom stereocenters. The lowest BCUT2D eigenvalue weighted by atomic mass is 9.56. The van der Waals surface area contributed by atoms with Gasteiger partial charge in [0.15, 0.2) is 11.5 Å². The van der Waals surface area contributed by atoms with Crippen LogP contribution in [0, 0.1) is 0 Å². The molecule has 0 saturated carbocycles. The second kappa shape index (κ2) is 4.97. The van der Waals surface area contributed by atoms with Crippen molar-refractivity contribution in [2.24, 2.45) is 0 Å². The summed E-state index contributed by atoms with van der Waals surface area (Å²) in [5.74, 6) is 1.71. The molecule has 0 radical (unpaired) electrons. The first-order chi connectivity index (χ1) is 11.6. The van der Waals surface area contributed by atoms with Crippen LogP contribution in [0.1, 0.15) is 24.0 Å². The van der Waals surface area contributed by atoms with E-state index >= 15 is 0 Å². The Balaban J connectivity index is 1.73. The fourth-order valence-electron chi connectivity index (χ4n) is 5.17. The maximum absolute atomic E-state index is 10.5. The molecule has 0 spiro atoms. The van der Waals surface area contributed by atoms with E-state index in [9.17, 15) is 5.11 Å². The van der Waals surface area contributed by atoms with Crippen molar-refractivity contribution < 1.29 is 19.3 Å². The second-order valence-corrected chi connectivity index (χ2v) is 7.49. The molecule has 1 N–H and O–H groups in total. The Morgan fingerprint density at radius 3 is 2.88 bits per heavy atom. The van der Waals surface area contributed by atoms with Gasteiger partial charge in [-0.1, -0.05) is 6.08 Å². The molecule has 2 aliphatic heterocycles. The third-order valence-electron chi connectivity index (χ3n) is 6.45. The molecule has 5 nitrogen and oxygen atoms in total. The van der Waals surface area contributed by atoms with Crippen LogP contribution >= 0.6 is 0 Å². The van der Waals surface area contributed by atoms with Crippen molar-refractivity contribution in [2.75, 3.05) is 27.5 Å². The normalized spacial score (nSPS) is 36.8. The number of hydrogen-bond donors (Lipinski definition) is 1.